The molecule has 3 amide bonds. The maximum atomic E-state index is 12.6. The molecule has 0 spiro atoms. The third-order valence-electron chi connectivity index (χ3n) is 5.87. The number of primary amides is 1. The molecule has 2 aromatic rings. The second-order valence-corrected chi connectivity index (χ2v) is 10.5. The highest BCUT2D eigenvalue weighted by Gasteiger charge is 2.38. The summed E-state index contributed by atoms with van der Waals surface area (Å²) in [6.07, 6.45) is 3.41. The van der Waals surface area contributed by atoms with Crippen LogP contribution in [0.25, 0.3) is 11.1 Å². The van der Waals surface area contributed by atoms with Gasteiger partial charge in [-0.05, 0) is 24.6 Å². The van der Waals surface area contributed by atoms with Crippen LogP contribution in [0.1, 0.15) is 18.0 Å². The van der Waals surface area contributed by atoms with Gasteiger partial charge in [-0.15, -0.1) is 0 Å². The van der Waals surface area contributed by atoms with E-state index in [1.807, 2.05) is 12.1 Å². The smallest absolute Gasteiger partial charge is 0.320 e. The largest absolute Gasteiger partial charge is 0.369 e. The van der Waals surface area contributed by atoms with E-state index in [-0.39, 0.29) is 28.7 Å². The van der Waals surface area contributed by atoms with E-state index in [1.54, 1.807) is 28.1 Å². The van der Waals surface area contributed by atoms with Crippen molar-refractivity contribution in [1.82, 2.24) is 14.8 Å². The first-order valence-electron chi connectivity index (χ1n) is 9.92. The number of carbonyl (C=O) groups excluding carboxylic acids is 2. The number of likely N-dealkylation sites (tertiary alicyclic amines) is 2. The molecule has 8 nitrogen and oxygen atoms in total. The Balaban J connectivity index is 1.42. The lowest BCUT2D eigenvalue weighted by Gasteiger charge is -2.40. The third-order valence-corrected chi connectivity index (χ3v) is 7.24. The number of amides is 3. The van der Waals surface area contributed by atoms with Crippen LogP contribution in [0.4, 0.5) is 4.79 Å². The number of hydrogen-bond acceptors (Lipinski definition) is 5. The Morgan fingerprint density at radius 3 is 2.45 bits per heavy atom. The van der Waals surface area contributed by atoms with Crippen LogP contribution >= 0.6 is 11.6 Å². The van der Waals surface area contributed by atoms with Crippen molar-refractivity contribution in [1.29, 1.82) is 0 Å². The van der Waals surface area contributed by atoms with E-state index in [2.05, 4.69) is 4.98 Å². The van der Waals surface area contributed by atoms with E-state index in [1.165, 1.54) is 6.07 Å². The molecule has 0 bridgehead atoms. The first-order chi connectivity index (χ1) is 14.6. The quantitative estimate of drug-likeness (QED) is 0.747. The van der Waals surface area contributed by atoms with Crippen LogP contribution in [-0.4, -0.2) is 67.6 Å². The summed E-state index contributed by atoms with van der Waals surface area (Å²) in [5, 5.41) is 0.355. The molecule has 3 heterocycles. The van der Waals surface area contributed by atoms with Gasteiger partial charge in [0.2, 0.25) is 5.91 Å². The van der Waals surface area contributed by atoms with Crippen molar-refractivity contribution in [2.45, 2.75) is 17.2 Å². The number of urea groups is 1. The molecule has 2 N–H and O–H groups in total. The van der Waals surface area contributed by atoms with Gasteiger partial charge >= 0.3 is 6.03 Å². The second-order valence-electron chi connectivity index (χ2n) is 8.10. The van der Waals surface area contributed by atoms with Crippen LogP contribution in [-0.2, 0) is 14.6 Å². The number of pyridine rings is 1. The average molecular weight is 463 g/mol. The summed E-state index contributed by atoms with van der Waals surface area (Å²) in [6.45, 7) is 2.03. The van der Waals surface area contributed by atoms with Crippen molar-refractivity contribution in [3.05, 3.63) is 47.2 Å². The number of nitrogens with zero attached hydrogens (tertiary/aromatic N) is 3. The predicted octanol–water partition coefficient (Wildman–Crippen LogP) is 2.13. The minimum atomic E-state index is -3.45. The van der Waals surface area contributed by atoms with Gasteiger partial charge in [-0.3, -0.25) is 9.78 Å². The van der Waals surface area contributed by atoms with Gasteiger partial charge in [0, 0.05) is 66.4 Å². The van der Waals surface area contributed by atoms with Crippen molar-refractivity contribution < 1.29 is 18.0 Å². The summed E-state index contributed by atoms with van der Waals surface area (Å²) in [5.41, 5.74) is 7.42. The van der Waals surface area contributed by atoms with Gasteiger partial charge in [-0.25, -0.2) is 13.2 Å². The molecule has 2 saturated heterocycles. The molecule has 1 aromatic carbocycles. The highest BCUT2D eigenvalue weighted by atomic mass is 35.5. The Kier molecular flexibility index (Phi) is 5.65. The zero-order valence-electron chi connectivity index (χ0n) is 17.0. The van der Waals surface area contributed by atoms with Gasteiger partial charge in [-0.2, -0.15) is 0 Å². The van der Waals surface area contributed by atoms with Gasteiger partial charge in [-0.1, -0.05) is 23.7 Å². The van der Waals surface area contributed by atoms with E-state index in [0.29, 0.717) is 48.7 Å². The molecule has 1 aromatic heterocycles. The van der Waals surface area contributed by atoms with Gasteiger partial charge in [0.05, 0.1) is 10.8 Å². The Bertz CT molecular complexity index is 1130. The van der Waals surface area contributed by atoms with Crippen molar-refractivity contribution in [3.63, 3.8) is 0 Å². The van der Waals surface area contributed by atoms with Gasteiger partial charge < -0.3 is 15.5 Å². The average Bonchev–Trinajstić information content (AvgIpc) is 3.17. The van der Waals surface area contributed by atoms with E-state index in [0.717, 1.165) is 11.9 Å². The molecule has 0 aliphatic carbocycles. The van der Waals surface area contributed by atoms with E-state index in [4.69, 9.17) is 17.3 Å². The molecule has 4 rings (SSSR count). The Morgan fingerprint density at radius 1 is 1.13 bits per heavy atom. The highest BCUT2D eigenvalue weighted by Crippen LogP contribution is 2.32. The SMILES string of the molecule is CS(=O)(=O)c1cc(Cl)ccc1-c1ccc(C2CN(C(=O)N3CCC(C(N)=O)C3)C2)nc1. The molecule has 31 heavy (non-hydrogen) atoms. The third kappa shape index (κ3) is 4.38. The van der Waals surface area contributed by atoms with Gasteiger partial charge in [0.25, 0.3) is 0 Å². The van der Waals surface area contributed by atoms with E-state index < -0.39 is 9.84 Å². The standard InChI is InChI=1S/C21H23ClN4O4S/c1-31(29,30)19-8-16(22)3-4-17(19)13-2-5-18(24-9-13)15-11-26(12-15)21(28)25-7-6-14(10-25)20(23)27/h2-5,8-9,14-15H,6-7,10-12H2,1H3,(H2,23,27). The molecule has 1 unspecified atom stereocenters. The summed E-state index contributed by atoms with van der Waals surface area (Å²) in [7, 11) is -3.45. The highest BCUT2D eigenvalue weighted by molar-refractivity contribution is 7.90. The zero-order valence-corrected chi connectivity index (χ0v) is 18.6. The molecule has 2 aliphatic rings. The maximum Gasteiger partial charge on any atom is 0.320 e. The molecular formula is C21H23ClN4O4S. The van der Waals surface area contributed by atoms with E-state index in [9.17, 15) is 18.0 Å². The fraction of sp³-hybridized carbons (Fsp3) is 0.381. The normalized spacial score (nSPS) is 19.4. The van der Waals surface area contributed by atoms with Crippen LogP contribution in [0.3, 0.4) is 0 Å². The first-order valence-corrected chi connectivity index (χ1v) is 12.2. The fourth-order valence-corrected chi connectivity index (χ4v) is 5.20. The molecule has 1 atom stereocenters. The Labute approximate surface area is 185 Å². The lowest BCUT2D eigenvalue weighted by Crippen LogP contribution is -2.53. The minimum absolute atomic E-state index is 0.0735. The minimum Gasteiger partial charge on any atom is -0.369 e. The van der Waals surface area contributed by atoms with Crippen molar-refractivity contribution in [2.24, 2.45) is 11.7 Å². The van der Waals surface area contributed by atoms with Gasteiger partial charge in [0.15, 0.2) is 9.84 Å². The summed E-state index contributed by atoms with van der Waals surface area (Å²) in [4.78, 5) is 32.0. The first kappa shape index (κ1) is 21.6. The second kappa shape index (κ2) is 8.12. The number of nitrogens with two attached hydrogens (primary N) is 1. The van der Waals surface area contributed by atoms with Crippen molar-refractivity contribution in [2.75, 3.05) is 32.4 Å². The zero-order chi connectivity index (χ0) is 22.3. The molecule has 2 fully saturated rings. The summed E-state index contributed by atoms with van der Waals surface area (Å²) in [5.74, 6) is -0.507. The van der Waals surface area contributed by atoms with Crippen LogP contribution < -0.4 is 5.73 Å². The molecular weight excluding hydrogens is 440 g/mol. The van der Waals surface area contributed by atoms with Crippen LogP contribution in [0.5, 0.6) is 0 Å². The Hall–Kier alpha value is -2.65. The monoisotopic (exact) mass is 462 g/mol. The molecule has 164 valence electrons. The summed E-state index contributed by atoms with van der Waals surface area (Å²) in [6, 6.07) is 8.39. The number of halogens is 1. The number of rotatable bonds is 4. The van der Waals surface area contributed by atoms with Crippen LogP contribution in [0.15, 0.2) is 41.4 Å². The lowest BCUT2D eigenvalue weighted by molar-refractivity contribution is -0.121. The van der Waals surface area contributed by atoms with Gasteiger partial charge in [0.1, 0.15) is 0 Å². The topological polar surface area (TPSA) is 114 Å². The molecule has 0 radical (unpaired) electrons. The summed E-state index contributed by atoms with van der Waals surface area (Å²) >= 11 is 5.97. The maximum absolute atomic E-state index is 12.6. The number of benzene rings is 1. The molecule has 10 heteroatoms. The van der Waals surface area contributed by atoms with Crippen LogP contribution in [0.2, 0.25) is 5.02 Å². The van der Waals surface area contributed by atoms with E-state index >= 15 is 0 Å². The fourth-order valence-electron chi connectivity index (χ4n) is 4.04. The predicted molar refractivity (Wildman–Crippen MR) is 116 cm³/mol. The van der Waals surface area contributed by atoms with Crippen molar-refractivity contribution in [3.8, 4) is 11.1 Å². The Morgan fingerprint density at radius 2 is 1.87 bits per heavy atom. The number of sulfone groups is 1. The lowest BCUT2D eigenvalue weighted by atomic mass is 9.95. The van der Waals surface area contributed by atoms with Crippen molar-refractivity contribution >= 4 is 33.4 Å². The number of hydrogen-bond donors (Lipinski definition) is 1. The molecule has 0 saturated carbocycles. The van der Waals surface area contributed by atoms with Crippen LogP contribution in [0, 0.1) is 5.92 Å². The molecule has 2 aliphatic heterocycles. The summed E-state index contributed by atoms with van der Waals surface area (Å²) < 4.78 is 24.3. The number of aromatic nitrogens is 1. The number of carbonyl (C=O) groups is 2.